The Bertz CT molecular complexity index is 1290. The molecule has 6 heteroatoms. The summed E-state index contributed by atoms with van der Waals surface area (Å²) in [5.74, 6) is 1.08. The molecule has 4 aromatic rings. The average molecular weight is 471 g/mol. The van der Waals surface area contributed by atoms with Crippen LogP contribution in [0.25, 0.3) is 11.0 Å². The van der Waals surface area contributed by atoms with Gasteiger partial charge in [0.25, 0.3) is 0 Å². The van der Waals surface area contributed by atoms with E-state index in [2.05, 4.69) is 39.9 Å². The van der Waals surface area contributed by atoms with E-state index >= 15 is 0 Å². The molecule has 1 fully saturated rings. The standard InChI is InChI=1S/C29H31FN4O/c1-21(23-9-3-2-4-10-23)19-31-28(35)24-14-16-33(17-15-24)29-32-26-12-5-6-13-27(26)34(29)20-22-8-7-11-25(30)18-22/h2-13,18,21,24H,14-17,19-20H2,1H3,(H,31,35)/t21-/m0/s1. The van der Waals surface area contributed by atoms with Crippen molar-refractivity contribution in [3.05, 3.63) is 95.8 Å². The zero-order valence-electron chi connectivity index (χ0n) is 20.0. The van der Waals surface area contributed by atoms with Crippen LogP contribution in [-0.4, -0.2) is 35.1 Å². The summed E-state index contributed by atoms with van der Waals surface area (Å²) in [6, 6.07) is 25.1. The Hall–Kier alpha value is -3.67. The number of fused-ring (bicyclic) bond motifs is 1. The molecule has 0 unspecified atom stereocenters. The molecular weight excluding hydrogens is 439 g/mol. The molecule has 0 aliphatic carbocycles. The number of rotatable bonds is 7. The predicted octanol–water partition coefficient (Wildman–Crippen LogP) is 5.36. The highest BCUT2D eigenvalue weighted by Gasteiger charge is 2.28. The summed E-state index contributed by atoms with van der Waals surface area (Å²) in [5.41, 5.74) is 4.09. The summed E-state index contributed by atoms with van der Waals surface area (Å²) in [4.78, 5) is 20.0. The molecule has 35 heavy (non-hydrogen) atoms. The van der Waals surface area contributed by atoms with Crippen molar-refractivity contribution < 1.29 is 9.18 Å². The Morgan fingerprint density at radius 3 is 2.54 bits per heavy atom. The summed E-state index contributed by atoms with van der Waals surface area (Å²) in [6.07, 6.45) is 1.57. The lowest BCUT2D eigenvalue weighted by atomic mass is 9.95. The van der Waals surface area contributed by atoms with Crippen LogP contribution < -0.4 is 10.2 Å². The number of nitrogens with one attached hydrogen (secondary N) is 1. The van der Waals surface area contributed by atoms with E-state index in [1.54, 1.807) is 12.1 Å². The van der Waals surface area contributed by atoms with Crippen molar-refractivity contribution in [1.82, 2.24) is 14.9 Å². The number of anilines is 1. The topological polar surface area (TPSA) is 50.2 Å². The summed E-state index contributed by atoms with van der Waals surface area (Å²) in [6.45, 7) is 4.86. The predicted molar refractivity (Wildman–Crippen MR) is 138 cm³/mol. The van der Waals surface area contributed by atoms with Crippen molar-refractivity contribution in [1.29, 1.82) is 0 Å². The molecule has 2 heterocycles. The van der Waals surface area contributed by atoms with Gasteiger partial charge in [0.1, 0.15) is 5.82 Å². The SMILES string of the molecule is C[C@@H](CNC(=O)C1CCN(c2nc3ccccc3n2Cc2cccc(F)c2)CC1)c1ccccc1. The van der Waals surface area contributed by atoms with Gasteiger partial charge in [0.05, 0.1) is 17.6 Å². The Labute approximate surface area is 205 Å². The number of benzene rings is 3. The van der Waals surface area contributed by atoms with Gasteiger partial charge in [-0.05, 0) is 54.2 Å². The van der Waals surface area contributed by atoms with Gasteiger partial charge >= 0.3 is 0 Å². The van der Waals surface area contributed by atoms with E-state index in [-0.39, 0.29) is 23.6 Å². The third kappa shape index (κ3) is 5.21. The van der Waals surface area contributed by atoms with Crippen molar-refractivity contribution in [2.75, 3.05) is 24.5 Å². The fourth-order valence-electron chi connectivity index (χ4n) is 4.92. The first-order chi connectivity index (χ1) is 17.1. The first-order valence-corrected chi connectivity index (χ1v) is 12.4. The molecule has 1 saturated heterocycles. The van der Waals surface area contributed by atoms with Crippen molar-refractivity contribution >= 4 is 22.9 Å². The first kappa shape index (κ1) is 23.1. The molecule has 1 amide bonds. The van der Waals surface area contributed by atoms with E-state index < -0.39 is 0 Å². The molecule has 0 radical (unpaired) electrons. The number of halogens is 1. The lowest BCUT2D eigenvalue weighted by Crippen LogP contribution is -2.42. The maximum absolute atomic E-state index is 13.8. The molecule has 1 N–H and O–H groups in total. The van der Waals surface area contributed by atoms with Gasteiger partial charge < -0.3 is 14.8 Å². The molecule has 5 nitrogen and oxygen atoms in total. The fraction of sp³-hybridized carbons (Fsp3) is 0.310. The second-order valence-electron chi connectivity index (χ2n) is 9.43. The minimum absolute atomic E-state index is 0.00951. The molecule has 1 aliphatic rings. The summed E-state index contributed by atoms with van der Waals surface area (Å²) < 4.78 is 16.0. The molecule has 0 saturated carbocycles. The summed E-state index contributed by atoms with van der Waals surface area (Å²) in [5, 5.41) is 3.16. The van der Waals surface area contributed by atoms with Crippen LogP contribution in [0.3, 0.4) is 0 Å². The van der Waals surface area contributed by atoms with E-state index in [0.29, 0.717) is 13.1 Å². The van der Waals surface area contributed by atoms with Crippen molar-refractivity contribution in [3.8, 4) is 0 Å². The van der Waals surface area contributed by atoms with Crippen molar-refractivity contribution in [2.45, 2.75) is 32.2 Å². The number of piperidine rings is 1. The van der Waals surface area contributed by atoms with E-state index in [4.69, 9.17) is 4.98 Å². The van der Waals surface area contributed by atoms with Crippen LogP contribution in [0, 0.1) is 11.7 Å². The van der Waals surface area contributed by atoms with Crippen LogP contribution in [0.4, 0.5) is 10.3 Å². The van der Waals surface area contributed by atoms with E-state index in [9.17, 15) is 9.18 Å². The second kappa shape index (κ2) is 10.3. The number of carbonyl (C=O) groups excluding carboxylic acids is 1. The lowest BCUT2D eigenvalue weighted by molar-refractivity contribution is -0.125. The van der Waals surface area contributed by atoms with Crippen LogP contribution in [0.15, 0.2) is 78.9 Å². The van der Waals surface area contributed by atoms with Crippen molar-refractivity contribution in [3.63, 3.8) is 0 Å². The number of para-hydroxylation sites is 2. The number of aromatic nitrogens is 2. The smallest absolute Gasteiger partial charge is 0.223 e. The zero-order chi connectivity index (χ0) is 24.2. The quantitative estimate of drug-likeness (QED) is 0.396. The van der Waals surface area contributed by atoms with Crippen molar-refractivity contribution in [2.24, 2.45) is 5.92 Å². The molecule has 1 atom stereocenters. The minimum atomic E-state index is -0.234. The Morgan fingerprint density at radius 1 is 1.03 bits per heavy atom. The van der Waals surface area contributed by atoms with Gasteiger partial charge in [-0.3, -0.25) is 4.79 Å². The molecule has 0 spiro atoms. The fourth-order valence-corrected chi connectivity index (χ4v) is 4.92. The number of imidazole rings is 1. The summed E-state index contributed by atoms with van der Waals surface area (Å²) in [7, 11) is 0. The number of hydrogen-bond donors (Lipinski definition) is 1. The third-order valence-corrected chi connectivity index (χ3v) is 6.96. The van der Waals surface area contributed by atoms with Gasteiger partial charge in [0.2, 0.25) is 11.9 Å². The van der Waals surface area contributed by atoms with Gasteiger partial charge in [-0.1, -0.05) is 61.5 Å². The van der Waals surface area contributed by atoms with Gasteiger partial charge in [0.15, 0.2) is 0 Å². The minimum Gasteiger partial charge on any atom is -0.355 e. The monoisotopic (exact) mass is 470 g/mol. The largest absolute Gasteiger partial charge is 0.355 e. The summed E-state index contributed by atoms with van der Waals surface area (Å²) >= 11 is 0. The normalized spacial score (nSPS) is 15.3. The van der Waals surface area contributed by atoms with E-state index in [1.807, 2.05) is 42.5 Å². The maximum atomic E-state index is 13.8. The third-order valence-electron chi connectivity index (χ3n) is 6.96. The van der Waals surface area contributed by atoms with Crippen LogP contribution in [-0.2, 0) is 11.3 Å². The average Bonchev–Trinajstić information content (AvgIpc) is 3.26. The van der Waals surface area contributed by atoms with Gasteiger partial charge in [-0.2, -0.15) is 0 Å². The molecular formula is C29H31FN4O. The van der Waals surface area contributed by atoms with Crippen LogP contribution in [0.5, 0.6) is 0 Å². The second-order valence-corrected chi connectivity index (χ2v) is 9.43. The van der Waals surface area contributed by atoms with E-state index in [0.717, 1.165) is 48.5 Å². The number of nitrogens with zero attached hydrogens (tertiary/aromatic N) is 3. The number of amides is 1. The van der Waals surface area contributed by atoms with Gasteiger partial charge in [-0.15, -0.1) is 0 Å². The lowest BCUT2D eigenvalue weighted by Gasteiger charge is -2.32. The highest BCUT2D eigenvalue weighted by atomic mass is 19.1. The zero-order valence-corrected chi connectivity index (χ0v) is 20.0. The van der Waals surface area contributed by atoms with Crippen LogP contribution in [0.2, 0.25) is 0 Å². The highest BCUT2D eigenvalue weighted by Crippen LogP contribution is 2.28. The molecule has 1 aliphatic heterocycles. The maximum Gasteiger partial charge on any atom is 0.223 e. The highest BCUT2D eigenvalue weighted by molar-refractivity contribution is 5.80. The number of carbonyl (C=O) groups is 1. The Balaban J connectivity index is 1.25. The van der Waals surface area contributed by atoms with Crippen LogP contribution in [0.1, 0.15) is 36.8 Å². The molecule has 3 aromatic carbocycles. The van der Waals surface area contributed by atoms with Gasteiger partial charge in [-0.25, -0.2) is 9.37 Å². The van der Waals surface area contributed by atoms with Crippen LogP contribution >= 0.6 is 0 Å². The molecule has 180 valence electrons. The van der Waals surface area contributed by atoms with E-state index in [1.165, 1.54) is 11.6 Å². The Morgan fingerprint density at radius 2 is 1.77 bits per heavy atom. The Kier molecular flexibility index (Phi) is 6.80. The molecule has 1 aromatic heterocycles. The molecule has 0 bridgehead atoms. The number of hydrogen-bond acceptors (Lipinski definition) is 3. The molecule has 5 rings (SSSR count). The first-order valence-electron chi connectivity index (χ1n) is 12.4. The van der Waals surface area contributed by atoms with Gasteiger partial charge in [0, 0.05) is 25.6 Å².